The van der Waals surface area contributed by atoms with Crippen molar-refractivity contribution in [1.29, 1.82) is 0 Å². The smallest absolute Gasteiger partial charge is 0.138 e. The van der Waals surface area contributed by atoms with Crippen LogP contribution in [-0.4, -0.2) is 0 Å². The van der Waals surface area contributed by atoms with Gasteiger partial charge in [-0.05, 0) is 248 Å². The number of benzene rings is 4. The highest BCUT2D eigenvalue weighted by atomic mass is 16.3. The summed E-state index contributed by atoms with van der Waals surface area (Å²) in [5.74, 6) is 0. The maximum atomic E-state index is 6.97. The maximum absolute atomic E-state index is 6.97. The molecule has 45 heavy (non-hydrogen) atoms. The molecule has 5 rings (SSSR count). The molecule has 0 saturated carbocycles. The summed E-state index contributed by atoms with van der Waals surface area (Å²) in [4.78, 5) is 0. The lowest BCUT2D eigenvalue weighted by Gasteiger charge is -2.20. The van der Waals surface area contributed by atoms with E-state index in [0.717, 1.165) is 36.8 Å². The monoisotopic (exact) mass is 600 g/mol. The summed E-state index contributed by atoms with van der Waals surface area (Å²) in [5, 5.41) is 2.65. The Kier molecular flexibility index (Phi) is 8.67. The Balaban J connectivity index is 1.61. The zero-order valence-corrected chi connectivity index (χ0v) is 31.2. The summed E-state index contributed by atoms with van der Waals surface area (Å²) < 4.78 is 6.97. The fourth-order valence-electron chi connectivity index (χ4n) is 8.49. The van der Waals surface area contributed by atoms with Gasteiger partial charge in [-0.3, -0.25) is 0 Å². The average Bonchev–Trinajstić information content (AvgIpc) is 3.43. The van der Waals surface area contributed by atoms with E-state index in [9.17, 15) is 0 Å². The van der Waals surface area contributed by atoms with Gasteiger partial charge in [0.2, 0.25) is 0 Å². The van der Waals surface area contributed by atoms with Crippen LogP contribution < -0.4 is 0 Å². The van der Waals surface area contributed by atoms with Crippen molar-refractivity contribution in [2.45, 2.75) is 136 Å². The van der Waals surface area contributed by atoms with Gasteiger partial charge in [-0.15, -0.1) is 0 Å². The first-order chi connectivity index (χ1) is 21.0. The average molecular weight is 601 g/mol. The Morgan fingerprint density at radius 3 is 0.711 bits per heavy atom. The van der Waals surface area contributed by atoms with E-state index >= 15 is 0 Å². The molecule has 0 N–H and O–H groups in total. The van der Waals surface area contributed by atoms with Crippen molar-refractivity contribution >= 4 is 21.9 Å². The van der Waals surface area contributed by atoms with E-state index in [1.807, 2.05) is 0 Å². The van der Waals surface area contributed by atoms with Gasteiger partial charge in [0, 0.05) is 10.8 Å². The van der Waals surface area contributed by atoms with Crippen LogP contribution in [0.3, 0.4) is 0 Å². The SMILES string of the molecule is Cc1c(C)c(C)c(CCc2c(C)c(C)c3c(oc4c(C)c(CCc5c(C)c(C)c(C)c(C)c5C)c(C)c(C)c43)c2C)c(C)c1C. The Morgan fingerprint density at radius 1 is 0.244 bits per heavy atom. The summed E-state index contributed by atoms with van der Waals surface area (Å²) in [6.07, 6.45) is 4.19. The van der Waals surface area contributed by atoms with Crippen LogP contribution in [0.4, 0.5) is 0 Å². The minimum absolute atomic E-state index is 1.03. The van der Waals surface area contributed by atoms with Crippen molar-refractivity contribution in [2.24, 2.45) is 0 Å². The highest BCUT2D eigenvalue weighted by molar-refractivity contribution is 6.11. The summed E-state index contributed by atoms with van der Waals surface area (Å²) in [5.41, 5.74) is 30.9. The predicted molar refractivity (Wildman–Crippen MR) is 197 cm³/mol. The number of hydrogen-bond acceptors (Lipinski definition) is 1. The molecule has 4 aromatic carbocycles. The molecule has 1 aromatic heterocycles. The van der Waals surface area contributed by atoms with Crippen LogP contribution in [0.25, 0.3) is 21.9 Å². The van der Waals surface area contributed by atoms with Crippen molar-refractivity contribution in [3.05, 3.63) is 111 Å². The van der Waals surface area contributed by atoms with Crippen LogP contribution in [0.15, 0.2) is 4.42 Å². The van der Waals surface area contributed by atoms with Crippen LogP contribution in [0.2, 0.25) is 0 Å². The minimum atomic E-state index is 1.03. The molecule has 0 fully saturated rings. The van der Waals surface area contributed by atoms with Gasteiger partial charge in [0.1, 0.15) is 11.2 Å². The molecule has 238 valence electrons. The first-order valence-corrected chi connectivity index (χ1v) is 17.1. The van der Waals surface area contributed by atoms with Gasteiger partial charge in [0.05, 0.1) is 0 Å². The quantitative estimate of drug-likeness (QED) is 0.189. The molecule has 1 nitrogen and oxygen atoms in total. The molecule has 5 aromatic rings. The first kappa shape index (κ1) is 33.1. The molecule has 0 unspecified atom stereocenters. The van der Waals surface area contributed by atoms with E-state index in [1.165, 1.54) is 122 Å². The fraction of sp³-hybridized carbons (Fsp3) is 0.455. The molecular weight excluding hydrogens is 544 g/mol. The van der Waals surface area contributed by atoms with Crippen LogP contribution in [0.5, 0.6) is 0 Å². The molecule has 0 radical (unpaired) electrons. The second kappa shape index (κ2) is 11.8. The Morgan fingerprint density at radius 2 is 0.444 bits per heavy atom. The van der Waals surface area contributed by atoms with Gasteiger partial charge < -0.3 is 4.42 Å². The maximum Gasteiger partial charge on any atom is 0.138 e. The molecule has 0 spiro atoms. The molecule has 0 atom stereocenters. The lowest BCUT2D eigenvalue weighted by Crippen LogP contribution is -2.07. The zero-order valence-electron chi connectivity index (χ0n) is 31.2. The summed E-state index contributed by atoms with van der Waals surface area (Å²) in [6, 6.07) is 0. The van der Waals surface area contributed by atoms with Crippen LogP contribution in [0, 0.1) is 111 Å². The van der Waals surface area contributed by atoms with E-state index in [0.29, 0.717) is 0 Å². The van der Waals surface area contributed by atoms with Gasteiger partial charge >= 0.3 is 0 Å². The van der Waals surface area contributed by atoms with E-state index in [-0.39, 0.29) is 0 Å². The van der Waals surface area contributed by atoms with E-state index in [1.54, 1.807) is 0 Å². The van der Waals surface area contributed by atoms with Crippen molar-refractivity contribution in [2.75, 3.05) is 0 Å². The van der Waals surface area contributed by atoms with Gasteiger partial charge in [0.25, 0.3) is 0 Å². The molecule has 0 aliphatic rings. The number of aryl methyl sites for hydroxylation is 4. The third kappa shape index (κ3) is 4.97. The van der Waals surface area contributed by atoms with E-state index < -0.39 is 0 Å². The molecule has 0 amide bonds. The highest BCUT2D eigenvalue weighted by Gasteiger charge is 2.24. The number of furan rings is 1. The Bertz CT molecular complexity index is 1840. The second-order valence-electron chi connectivity index (χ2n) is 14.4. The van der Waals surface area contributed by atoms with Gasteiger partial charge in [-0.25, -0.2) is 0 Å². The van der Waals surface area contributed by atoms with Gasteiger partial charge in [0.15, 0.2) is 0 Å². The second-order valence-corrected chi connectivity index (χ2v) is 14.4. The predicted octanol–water partition coefficient (Wildman–Crippen LogP) is 12.1. The van der Waals surface area contributed by atoms with E-state index in [2.05, 4.69) is 111 Å². The first-order valence-electron chi connectivity index (χ1n) is 17.1. The summed E-state index contributed by atoms with van der Waals surface area (Å²) in [7, 11) is 0. The number of rotatable bonds is 6. The normalized spacial score (nSPS) is 11.9. The molecule has 1 heterocycles. The van der Waals surface area contributed by atoms with Crippen molar-refractivity contribution < 1.29 is 4.42 Å². The van der Waals surface area contributed by atoms with Crippen molar-refractivity contribution in [3.8, 4) is 0 Å². The van der Waals surface area contributed by atoms with Crippen molar-refractivity contribution in [1.82, 2.24) is 0 Å². The minimum Gasteiger partial charge on any atom is -0.455 e. The fourth-order valence-corrected chi connectivity index (χ4v) is 8.49. The van der Waals surface area contributed by atoms with Crippen LogP contribution in [0.1, 0.15) is 111 Å². The third-order valence-corrected chi connectivity index (χ3v) is 12.8. The lowest BCUT2D eigenvalue weighted by atomic mass is 9.84. The summed E-state index contributed by atoms with van der Waals surface area (Å²) in [6.45, 7) is 36.8. The zero-order chi connectivity index (χ0) is 33.4. The largest absolute Gasteiger partial charge is 0.455 e. The highest BCUT2D eigenvalue weighted by Crippen LogP contribution is 2.43. The summed E-state index contributed by atoms with van der Waals surface area (Å²) >= 11 is 0. The Hall–Kier alpha value is -3.32. The van der Waals surface area contributed by atoms with Crippen LogP contribution in [-0.2, 0) is 25.7 Å². The van der Waals surface area contributed by atoms with Gasteiger partial charge in [-0.2, -0.15) is 0 Å². The number of fused-ring (bicyclic) bond motifs is 3. The topological polar surface area (TPSA) is 13.1 Å². The van der Waals surface area contributed by atoms with Crippen molar-refractivity contribution in [3.63, 3.8) is 0 Å². The van der Waals surface area contributed by atoms with Gasteiger partial charge in [-0.1, -0.05) is 0 Å². The number of hydrogen-bond donors (Lipinski definition) is 0. The molecule has 0 bridgehead atoms. The molecule has 0 aliphatic carbocycles. The molecular formula is C44H56O. The van der Waals surface area contributed by atoms with Crippen LogP contribution >= 0.6 is 0 Å². The van der Waals surface area contributed by atoms with E-state index in [4.69, 9.17) is 4.42 Å². The lowest BCUT2D eigenvalue weighted by molar-refractivity contribution is 0.659. The third-order valence-electron chi connectivity index (χ3n) is 12.8. The molecule has 0 aliphatic heterocycles. The molecule has 0 saturated heterocycles. The molecule has 1 heteroatoms. The Labute approximate surface area is 273 Å². The standard InChI is InChI=1S/C44H56O/c1-21-23(3)27(7)37(28(8)24(21)4)17-19-39-31(11)33(13)41-42-34(14)32(12)40(36(16)44(42)45-43(41)35(39)15)20-18-38-29(9)25(5)22(2)26(6)30(38)10/h17-20H2,1-16H3.